The Labute approximate surface area is 113 Å². The second-order valence-corrected chi connectivity index (χ2v) is 4.63. The monoisotopic (exact) mass is 272 g/mol. The quantitative estimate of drug-likeness (QED) is 0.688. The number of aromatic nitrogens is 2. The second kappa shape index (κ2) is 4.76. The van der Waals surface area contributed by atoms with Gasteiger partial charge in [-0.2, -0.15) is 5.10 Å². The largest absolute Gasteiger partial charge is 0.354 e. The van der Waals surface area contributed by atoms with Crippen molar-refractivity contribution in [2.75, 3.05) is 6.54 Å². The molecule has 7 nitrogen and oxygen atoms in total. The minimum Gasteiger partial charge on any atom is -0.354 e. The fourth-order valence-corrected chi connectivity index (χ4v) is 2.25. The standard InChI is InChI=1S/C13H12N4O3/c18-10-5-7(6-14-10)15-13(20)11-8-3-1-2-4-9(8)12(19)17-16-11/h1-4,7H,5-6H2,(H,14,18)(H,15,20)(H,17,19). The van der Waals surface area contributed by atoms with Gasteiger partial charge in [0.25, 0.3) is 11.5 Å². The summed E-state index contributed by atoms with van der Waals surface area (Å²) in [6.45, 7) is 0.409. The van der Waals surface area contributed by atoms with E-state index in [0.29, 0.717) is 17.3 Å². The van der Waals surface area contributed by atoms with Crippen LogP contribution in [0.1, 0.15) is 16.9 Å². The zero-order valence-corrected chi connectivity index (χ0v) is 10.5. The summed E-state index contributed by atoms with van der Waals surface area (Å²) in [6.07, 6.45) is 0.257. The lowest BCUT2D eigenvalue weighted by atomic mass is 10.1. The van der Waals surface area contributed by atoms with Crippen molar-refractivity contribution in [2.45, 2.75) is 12.5 Å². The molecule has 1 aromatic carbocycles. The van der Waals surface area contributed by atoms with Crippen LogP contribution in [0.2, 0.25) is 0 Å². The van der Waals surface area contributed by atoms with E-state index in [9.17, 15) is 14.4 Å². The van der Waals surface area contributed by atoms with Crippen molar-refractivity contribution in [3.05, 3.63) is 40.3 Å². The summed E-state index contributed by atoms with van der Waals surface area (Å²) in [5, 5.41) is 12.4. The highest BCUT2D eigenvalue weighted by Crippen LogP contribution is 2.12. The number of carbonyl (C=O) groups excluding carboxylic acids is 2. The first-order valence-electron chi connectivity index (χ1n) is 6.20. The smallest absolute Gasteiger partial charge is 0.272 e. The van der Waals surface area contributed by atoms with Gasteiger partial charge in [-0.1, -0.05) is 18.2 Å². The van der Waals surface area contributed by atoms with E-state index in [1.807, 2.05) is 0 Å². The van der Waals surface area contributed by atoms with Crippen LogP contribution in [0.5, 0.6) is 0 Å². The fourth-order valence-electron chi connectivity index (χ4n) is 2.25. The number of H-pyrrole nitrogens is 1. The zero-order valence-electron chi connectivity index (χ0n) is 10.5. The van der Waals surface area contributed by atoms with Crippen LogP contribution in [-0.2, 0) is 4.79 Å². The average Bonchev–Trinajstić information content (AvgIpc) is 2.84. The van der Waals surface area contributed by atoms with Gasteiger partial charge < -0.3 is 10.6 Å². The summed E-state index contributed by atoms with van der Waals surface area (Å²) < 4.78 is 0. The van der Waals surface area contributed by atoms with Gasteiger partial charge in [0.05, 0.1) is 11.4 Å². The topological polar surface area (TPSA) is 104 Å². The molecule has 1 fully saturated rings. The van der Waals surface area contributed by atoms with Crippen LogP contribution < -0.4 is 16.2 Å². The molecule has 0 bridgehead atoms. The van der Waals surface area contributed by atoms with Crippen molar-refractivity contribution in [1.82, 2.24) is 20.8 Å². The van der Waals surface area contributed by atoms with Crippen LogP contribution in [0.4, 0.5) is 0 Å². The van der Waals surface area contributed by atoms with Crippen LogP contribution in [0.15, 0.2) is 29.1 Å². The van der Waals surface area contributed by atoms with Crippen molar-refractivity contribution in [2.24, 2.45) is 0 Å². The molecule has 0 saturated carbocycles. The van der Waals surface area contributed by atoms with Crippen LogP contribution in [0, 0.1) is 0 Å². The number of benzene rings is 1. The summed E-state index contributed by atoms with van der Waals surface area (Å²) >= 11 is 0. The maximum absolute atomic E-state index is 12.2. The van der Waals surface area contributed by atoms with E-state index in [4.69, 9.17) is 0 Å². The number of hydrogen-bond acceptors (Lipinski definition) is 4. The Hall–Kier alpha value is -2.70. The summed E-state index contributed by atoms with van der Waals surface area (Å²) in [4.78, 5) is 34.9. The predicted molar refractivity (Wildman–Crippen MR) is 71.2 cm³/mol. The number of rotatable bonds is 2. The summed E-state index contributed by atoms with van der Waals surface area (Å²) in [5.74, 6) is -0.492. The van der Waals surface area contributed by atoms with E-state index in [1.54, 1.807) is 24.3 Å². The normalized spacial score (nSPS) is 18.0. The van der Waals surface area contributed by atoms with Crippen molar-refractivity contribution >= 4 is 22.6 Å². The molecule has 2 amide bonds. The highest BCUT2D eigenvalue weighted by atomic mass is 16.2. The van der Waals surface area contributed by atoms with Gasteiger partial charge in [0, 0.05) is 18.4 Å². The molecule has 2 aromatic rings. The molecule has 0 radical (unpaired) electrons. The Morgan fingerprint density at radius 3 is 2.70 bits per heavy atom. The summed E-state index contributed by atoms with van der Waals surface area (Å²) in [6, 6.07) is 6.51. The molecule has 1 saturated heterocycles. The minimum atomic E-state index is -0.404. The Morgan fingerprint density at radius 2 is 2.00 bits per heavy atom. The van der Waals surface area contributed by atoms with Crippen molar-refractivity contribution in [1.29, 1.82) is 0 Å². The van der Waals surface area contributed by atoms with E-state index in [2.05, 4.69) is 20.8 Å². The van der Waals surface area contributed by atoms with Gasteiger partial charge in [-0.25, -0.2) is 5.10 Å². The van der Waals surface area contributed by atoms with Gasteiger partial charge in [0.2, 0.25) is 5.91 Å². The molecule has 2 heterocycles. The van der Waals surface area contributed by atoms with Crippen molar-refractivity contribution < 1.29 is 9.59 Å². The fraction of sp³-hybridized carbons (Fsp3) is 0.231. The lowest BCUT2D eigenvalue weighted by Gasteiger charge is -2.10. The molecular formula is C13H12N4O3. The second-order valence-electron chi connectivity index (χ2n) is 4.63. The van der Waals surface area contributed by atoms with Crippen LogP contribution in [0.3, 0.4) is 0 Å². The molecular weight excluding hydrogens is 260 g/mol. The molecule has 1 aromatic heterocycles. The molecule has 0 aliphatic carbocycles. The Kier molecular flexibility index (Phi) is 2.94. The molecule has 3 N–H and O–H groups in total. The van der Waals surface area contributed by atoms with E-state index < -0.39 is 5.91 Å². The van der Waals surface area contributed by atoms with Gasteiger partial charge >= 0.3 is 0 Å². The molecule has 1 atom stereocenters. The molecule has 7 heteroatoms. The predicted octanol–water partition coefficient (Wildman–Crippen LogP) is -0.459. The number of carbonyl (C=O) groups is 2. The molecule has 3 rings (SSSR count). The van der Waals surface area contributed by atoms with Gasteiger partial charge in [0.1, 0.15) is 0 Å². The third kappa shape index (κ3) is 2.13. The number of nitrogens with one attached hydrogen (secondary N) is 3. The van der Waals surface area contributed by atoms with Gasteiger partial charge in [-0.15, -0.1) is 0 Å². The number of fused-ring (bicyclic) bond motifs is 1. The lowest BCUT2D eigenvalue weighted by Crippen LogP contribution is -2.37. The third-order valence-electron chi connectivity index (χ3n) is 3.22. The first kappa shape index (κ1) is 12.3. The Balaban J connectivity index is 1.94. The van der Waals surface area contributed by atoms with E-state index in [1.165, 1.54) is 0 Å². The van der Waals surface area contributed by atoms with Gasteiger partial charge in [0.15, 0.2) is 5.69 Å². The highest BCUT2D eigenvalue weighted by Gasteiger charge is 2.24. The lowest BCUT2D eigenvalue weighted by molar-refractivity contribution is -0.119. The Morgan fingerprint density at radius 1 is 1.25 bits per heavy atom. The van der Waals surface area contributed by atoms with Crippen molar-refractivity contribution in [3.8, 4) is 0 Å². The molecule has 0 spiro atoms. The number of hydrogen-bond donors (Lipinski definition) is 3. The Bertz CT molecular complexity index is 753. The van der Waals surface area contributed by atoms with Crippen LogP contribution in [0.25, 0.3) is 10.8 Å². The SMILES string of the molecule is O=C1CC(NC(=O)c2n[nH]c(=O)c3ccccc23)CN1. The third-order valence-corrected chi connectivity index (χ3v) is 3.22. The molecule has 1 aliphatic heterocycles. The molecule has 102 valence electrons. The number of aromatic amines is 1. The average molecular weight is 272 g/mol. The first-order chi connectivity index (χ1) is 9.65. The van der Waals surface area contributed by atoms with E-state index >= 15 is 0 Å². The van der Waals surface area contributed by atoms with Crippen LogP contribution in [-0.4, -0.2) is 34.6 Å². The number of nitrogens with zero attached hydrogens (tertiary/aromatic N) is 1. The van der Waals surface area contributed by atoms with Crippen LogP contribution >= 0.6 is 0 Å². The first-order valence-corrected chi connectivity index (χ1v) is 6.20. The van der Waals surface area contributed by atoms with Crippen molar-refractivity contribution in [3.63, 3.8) is 0 Å². The number of amides is 2. The minimum absolute atomic E-state index is 0.0883. The van der Waals surface area contributed by atoms with E-state index in [-0.39, 0.29) is 29.6 Å². The maximum atomic E-state index is 12.2. The summed E-state index contributed by atoms with van der Waals surface area (Å²) in [7, 11) is 0. The maximum Gasteiger partial charge on any atom is 0.272 e. The van der Waals surface area contributed by atoms with Gasteiger partial charge in [-0.05, 0) is 6.07 Å². The summed E-state index contributed by atoms with van der Waals surface area (Å²) in [5.41, 5.74) is -0.186. The molecule has 20 heavy (non-hydrogen) atoms. The zero-order chi connectivity index (χ0) is 14.1. The van der Waals surface area contributed by atoms with E-state index in [0.717, 1.165) is 0 Å². The molecule has 1 unspecified atom stereocenters. The molecule has 1 aliphatic rings. The highest BCUT2D eigenvalue weighted by molar-refractivity contribution is 6.05. The van der Waals surface area contributed by atoms with Gasteiger partial charge in [-0.3, -0.25) is 14.4 Å².